The summed E-state index contributed by atoms with van der Waals surface area (Å²) in [7, 11) is 0. The van der Waals surface area contributed by atoms with Gasteiger partial charge in [-0.05, 0) is 24.6 Å². The molecule has 112 valence electrons. The molecule has 0 saturated carbocycles. The number of nitrogens with two attached hydrogens (primary N) is 1. The Morgan fingerprint density at radius 3 is 2.86 bits per heavy atom. The maximum Gasteiger partial charge on any atom is 0.187 e. The third-order valence-corrected chi connectivity index (χ3v) is 3.87. The van der Waals surface area contributed by atoms with Crippen molar-refractivity contribution in [1.29, 1.82) is 0 Å². The molecule has 7 heteroatoms. The highest BCUT2D eigenvalue weighted by molar-refractivity contribution is 5.78. The number of anilines is 1. The fourth-order valence-corrected chi connectivity index (χ4v) is 2.49. The van der Waals surface area contributed by atoms with Crippen LogP contribution < -0.4 is 10.6 Å². The number of pyridine rings is 2. The van der Waals surface area contributed by atoms with Crippen molar-refractivity contribution in [1.82, 2.24) is 19.7 Å². The molecule has 3 aromatic rings. The van der Waals surface area contributed by atoms with Crippen molar-refractivity contribution in [3.63, 3.8) is 0 Å². The van der Waals surface area contributed by atoms with Crippen molar-refractivity contribution >= 4 is 16.7 Å². The molecule has 0 spiro atoms. The smallest absolute Gasteiger partial charge is 0.187 e. The molecule has 0 unspecified atom stereocenters. The summed E-state index contributed by atoms with van der Waals surface area (Å²) in [5.41, 5.74) is 7.15. The van der Waals surface area contributed by atoms with Crippen LogP contribution in [-0.4, -0.2) is 32.8 Å². The van der Waals surface area contributed by atoms with Gasteiger partial charge in [-0.3, -0.25) is 4.98 Å². The van der Waals surface area contributed by atoms with Gasteiger partial charge in [-0.15, -0.1) is 5.10 Å². The second-order valence-electron chi connectivity index (χ2n) is 5.33. The molecule has 1 saturated heterocycles. The van der Waals surface area contributed by atoms with Gasteiger partial charge in [0.15, 0.2) is 17.5 Å². The molecule has 1 aliphatic heterocycles. The summed E-state index contributed by atoms with van der Waals surface area (Å²) in [6.45, 7) is 2.06. The lowest BCUT2D eigenvalue weighted by atomic mass is 10.2. The Morgan fingerprint density at radius 2 is 2.14 bits per heavy atom. The van der Waals surface area contributed by atoms with Crippen molar-refractivity contribution in [3.05, 3.63) is 42.1 Å². The first-order chi connectivity index (χ1) is 10.7. The van der Waals surface area contributed by atoms with E-state index in [4.69, 9.17) is 5.73 Å². The van der Waals surface area contributed by atoms with Crippen molar-refractivity contribution in [2.24, 2.45) is 5.73 Å². The topological polar surface area (TPSA) is 72.9 Å². The summed E-state index contributed by atoms with van der Waals surface area (Å²) >= 11 is 0. The molecule has 3 aromatic heterocycles. The van der Waals surface area contributed by atoms with Gasteiger partial charge in [0, 0.05) is 31.2 Å². The van der Waals surface area contributed by atoms with Gasteiger partial charge in [-0.1, -0.05) is 0 Å². The summed E-state index contributed by atoms with van der Waals surface area (Å²) in [5.74, 6) is 0.650. The van der Waals surface area contributed by atoms with Gasteiger partial charge in [0.05, 0.1) is 17.4 Å². The Kier molecular flexibility index (Phi) is 3.00. The molecule has 2 N–H and O–H groups in total. The normalized spacial score (nSPS) is 14.4. The van der Waals surface area contributed by atoms with E-state index < -0.39 is 0 Å². The molecule has 0 bridgehead atoms. The average Bonchev–Trinajstić information content (AvgIpc) is 2.86. The Hall–Kier alpha value is -2.54. The number of rotatable bonds is 3. The van der Waals surface area contributed by atoms with E-state index in [0.717, 1.165) is 36.1 Å². The van der Waals surface area contributed by atoms with Crippen LogP contribution in [0.15, 0.2) is 30.6 Å². The van der Waals surface area contributed by atoms with Crippen LogP contribution in [0.5, 0.6) is 0 Å². The molecule has 0 aliphatic carbocycles. The van der Waals surface area contributed by atoms with Crippen LogP contribution in [0.2, 0.25) is 0 Å². The number of fused-ring (bicyclic) bond motifs is 1. The van der Waals surface area contributed by atoms with Gasteiger partial charge in [-0.25, -0.2) is 14.1 Å². The van der Waals surface area contributed by atoms with E-state index >= 15 is 0 Å². The highest BCUT2D eigenvalue weighted by atomic mass is 19.1. The van der Waals surface area contributed by atoms with Gasteiger partial charge in [0.25, 0.3) is 0 Å². The van der Waals surface area contributed by atoms with Crippen molar-refractivity contribution in [2.45, 2.75) is 13.0 Å². The maximum atomic E-state index is 14.0. The van der Waals surface area contributed by atoms with Crippen molar-refractivity contribution in [3.8, 4) is 5.82 Å². The number of aromatic nitrogens is 4. The second-order valence-corrected chi connectivity index (χ2v) is 5.33. The summed E-state index contributed by atoms with van der Waals surface area (Å²) in [5, 5.41) is 5.23. The average molecular weight is 298 g/mol. The standard InChI is InChI=1S/C15H15FN6/c16-12-9-22(20-15(12)21-4-1-5-21)14-3-2-10-8-18-11(7-17)6-13(10)19-14/h2-3,6,8-9H,1,4-5,7,17H2. The van der Waals surface area contributed by atoms with E-state index in [0.29, 0.717) is 18.2 Å². The summed E-state index contributed by atoms with van der Waals surface area (Å²) in [6.07, 6.45) is 4.19. The van der Waals surface area contributed by atoms with Crippen LogP contribution in [0.4, 0.5) is 10.2 Å². The molecular formula is C15H15FN6. The minimum absolute atomic E-state index is 0.320. The van der Waals surface area contributed by atoms with E-state index in [9.17, 15) is 4.39 Å². The Bertz CT molecular complexity index is 839. The van der Waals surface area contributed by atoms with Gasteiger partial charge in [0.1, 0.15) is 0 Å². The number of nitrogens with zero attached hydrogens (tertiary/aromatic N) is 5. The van der Waals surface area contributed by atoms with Crippen molar-refractivity contribution < 1.29 is 4.39 Å². The monoisotopic (exact) mass is 298 g/mol. The Labute approximate surface area is 126 Å². The lowest BCUT2D eigenvalue weighted by molar-refractivity contribution is 0.570. The number of halogens is 1. The van der Waals surface area contributed by atoms with Gasteiger partial charge in [-0.2, -0.15) is 0 Å². The number of hydrogen-bond donors (Lipinski definition) is 1. The quantitative estimate of drug-likeness (QED) is 0.795. The summed E-state index contributed by atoms with van der Waals surface area (Å²) < 4.78 is 15.5. The summed E-state index contributed by atoms with van der Waals surface area (Å²) in [4.78, 5) is 10.7. The molecular weight excluding hydrogens is 283 g/mol. The van der Waals surface area contributed by atoms with Gasteiger partial charge in [0.2, 0.25) is 0 Å². The third kappa shape index (κ3) is 2.10. The van der Waals surface area contributed by atoms with Crippen LogP contribution in [0.1, 0.15) is 12.1 Å². The molecule has 1 aliphatic rings. The van der Waals surface area contributed by atoms with E-state index in [2.05, 4.69) is 15.1 Å². The first kappa shape index (κ1) is 13.1. The third-order valence-electron chi connectivity index (χ3n) is 3.87. The number of hydrogen-bond acceptors (Lipinski definition) is 5. The van der Waals surface area contributed by atoms with Crippen LogP contribution in [-0.2, 0) is 6.54 Å². The molecule has 0 radical (unpaired) electrons. The van der Waals surface area contributed by atoms with Crippen LogP contribution in [0.25, 0.3) is 16.7 Å². The zero-order chi connectivity index (χ0) is 15.1. The van der Waals surface area contributed by atoms with E-state index in [1.165, 1.54) is 10.9 Å². The largest absolute Gasteiger partial charge is 0.353 e. The highest BCUT2D eigenvalue weighted by Gasteiger charge is 2.22. The minimum Gasteiger partial charge on any atom is -0.353 e. The Morgan fingerprint density at radius 1 is 1.27 bits per heavy atom. The van der Waals surface area contributed by atoms with Gasteiger partial charge < -0.3 is 10.6 Å². The zero-order valence-electron chi connectivity index (χ0n) is 11.9. The van der Waals surface area contributed by atoms with Crippen LogP contribution >= 0.6 is 0 Å². The fraction of sp³-hybridized carbons (Fsp3) is 0.267. The molecule has 6 nitrogen and oxygen atoms in total. The van der Waals surface area contributed by atoms with Gasteiger partial charge >= 0.3 is 0 Å². The lowest BCUT2D eigenvalue weighted by Crippen LogP contribution is -2.37. The molecule has 0 amide bonds. The SMILES string of the molecule is NCc1cc2nc(-n3cc(F)c(N4CCC4)n3)ccc2cn1. The molecule has 0 atom stereocenters. The predicted octanol–water partition coefficient (Wildman–Crippen LogP) is 1.62. The molecule has 4 rings (SSSR count). The van der Waals surface area contributed by atoms with Crippen molar-refractivity contribution in [2.75, 3.05) is 18.0 Å². The molecule has 0 aromatic carbocycles. The maximum absolute atomic E-state index is 14.0. The minimum atomic E-state index is -0.320. The lowest BCUT2D eigenvalue weighted by Gasteiger charge is -2.30. The van der Waals surface area contributed by atoms with E-state index in [-0.39, 0.29) is 5.82 Å². The Balaban J connectivity index is 1.76. The first-order valence-corrected chi connectivity index (χ1v) is 7.21. The molecule has 1 fully saturated rings. The highest BCUT2D eigenvalue weighted by Crippen LogP contribution is 2.23. The van der Waals surface area contributed by atoms with Crippen LogP contribution in [0.3, 0.4) is 0 Å². The first-order valence-electron chi connectivity index (χ1n) is 7.21. The van der Waals surface area contributed by atoms with E-state index in [1.807, 2.05) is 17.0 Å². The molecule has 4 heterocycles. The second kappa shape index (κ2) is 5.03. The van der Waals surface area contributed by atoms with Crippen LogP contribution in [0, 0.1) is 5.82 Å². The molecule has 22 heavy (non-hydrogen) atoms. The zero-order valence-corrected chi connectivity index (χ0v) is 11.9. The van der Waals surface area contributed by atoms with E-state index in [1.54, 1.807) is 12.3 Å². The predicted molar refractivity (Wildman–Crippen MR) is 81.3 cm³/mol. The fourth-order valence-electron chi connectivity index (χ4n) is 2.49. The summed E-state index contributed by atoms with van der Waals surface area (Å²) in [6, 6.07) is 5.54.